The number of ether oxygens (including phenoxy) is 1. The zero-order valence-corrected chi connectivity index (χ0v) is 11.2. The molecule has 0 aliphatic heterocycles. The van der Waals surface area contributed by atoms with E-state index in [0.717, 1.165) is 25.7 Å². The number of Topliss-reactive ketones (excluding diaryl/α,β-unsaturated/α-hetero) is 1. The van der Waals surface area contributed by atoms with E-state index in [1.807, 2.05) is 6.92 Å². The summed E-state index contributed by atoms with van der Waals surface area (Å²) in [5.41, 5.74) is -0.385. The van der Waals surface area contributed by atoms with Gasteiger partial charge in [0.2, 0.25) is 0 Å². The van der Waals surface area contributed by atoms with Crippen LogP contribution in [0.1, 0.15) is 71.1 Å². The molecule has 0 saturated heterocycles. The molecular formula is C15H26O2. The molecule has 2 aliphatic carbocycles. The Balaban J connectivity index is 2.04. The minimum Gasteiger partial charge on any atom is -0.367 e. The third-order valence-electron chi connectivity index (χ3n) is 4.51. The molecule has 2 heteroatoms. The molecule has 0 N–H and O–H groups in total. The zero-order chi connectivity index (χ0) is 12.1. The number of hydrogen-bond acceptors (Lipinski definition) is 2. The minimum absolute atomic E-state index is 0.294. The summed E-state index contributed by atoms with van der Waals surface area (Å²) in [6, 6.07) is 0. The Hall–Kier alpha value is -0.370. The van der Waals surface area contributed by atoms with Crippen LogP contribution in [0.15, 0.2) is 0 Å². The topological polar surface area (TPSA) is 26.3 Å². The van der Waals surface area contributed by atoms with Crippen molar-refractivity contribution >= 4 is 5.78 Å². The lowest BCUT2D eigenvalue weighted by Gasteiger charge is -2.31. The van der Waals surface area contributed by atoms with Crippen molar-refractivity contribution in [1.82, 2.24) is 0 Å². The van der Waals surface area contributed by atoms with Crippen molar-refractivity contribution in [3.05, 3.63) is 0 Å². The molecule has 0 aromatic carbocycles. The summed E-state index contributed by atoms with van der Waals surface area (Å²) in [6.07, 6.45) is 11.6. The van der Waals surface area contributed by atoms with Crippen molar-refractivity contribution in [3.63, 3.8) is 0 Å². The van der Waals surface area contributed by atoms with E-state index < -0.39 is 0 Å². The fraction of sp³-hybridized carbons (Fsp3) is 0.933. The summed E-state index contributed by atoms with van der Waals surface area (Å²) >= 11 is 0. The maximum absolute atomic E-state index is 12.7. The highest BCUT2D eigenvalue weighted by molar-refractivity contribution is 5.89. The minimum atomic E-state index is -0.385. The van der Waals surface area contributed by atoms with Gasteiger partial charge in [0.1, 0.15) is 5.60 Å². The van der Waals surface area contributed by atoms with Crippen LogP contribution in [-0.4, -0.2) is 18.0 Å². The highest BCUT2D eigenvalue weighted by Gasteiger charge is 2.44. The molecule has 0 heterocycles. The highest BCUT2D eigenvalue weighted by atomic mass is 16.5. The van der Waals surface area contributed by atoms with E-state index >= 15 is 0 Å². The van der Waals surface area contributed by atoms with Crippen LogP contribution in [0.25, 0.3) is 0 Å². The molecule has 2 aliphatic rings. The van der Waals surface area contributed by atoms with Gasteiger partial charge in [0, 0.05) is 12.5 Å². The molecule has 0 aromatic rings. The summed E-state index contributed by atoms with van der Waals surface area (Å²) in [4.78, 5) is 12.7. The van der Waals surface area contributed by atoms with Crippen LogP contribution in [0.5, 0.6) is 0 Å². The van der Waals surface area contributed by atoms with E-state index in [1.54, 1.807) is 0 Å². The van der Waals surface area contributed by atoms with Crippen molar-refractivity contribution in [2.45, 2.75) is 76.7 Å². The molecule has 0 radical (unpaired) electrons. The van der Waals surface area contributed by atoms with Gasteiger partial charge in [0.15, 0.2) is 5.78 Å². The van der Waals surface area contributed by atoms with Crippen molar-refractivity contribution in [2.75, 3.05) is 6.61 Å². The number of carbonyl (C=O) groups excluding carboxylic acids is 1. The molecule has 2 saturated carbocycles. The van der Waals surface area contributed by atoms with Gasteiger partial charge < -0.3 is 4.74 Å². The molecule has 0 spiro atoms. The van der Waals surface area contributed by atoms with E-state index in [1.165, 1.54) is 38.5 Å². The molecule has 2 rings (SSSR count). The maximum atomic E-state index is 12.7. The van der Waals surface area contributed by atoms with Gasteiger partial charge in [-0.3, -0.25) is 4.79 Å². The van der Waals surface area contributed by atoms with E-state index in [0.29, 0.717) is 18.3 Å². The maximum Gasteiger partial charge on any atom is 0.167 e. The first-order valence-corrected chi connectivity index (χ1v) is 7.47. The lowest BCUT2D eigenvalue weighted by Crippen LogP contribution is -2.42. The summed E-state index contributed by atoms with van der Waals surface area (Å²) in [7, 11) is 0. The molecule has 17 heavy (non-hydrogen) atoms. The second-order valence-corrected chi connectivity index (χ2v) is 5.69. The molecule has 2 fully saturated rings. The quantitative estimate of drug-likeness (QED) is 0.695. The van der Waals surface area contributed by atoms with Crippen LogP contribution in [0.4, 0.5) is 0 Å². The van der Waals surface area contributed by atoms with Crippen molar-refractivity contribution in [2.24, 2.45) is 5.92 Å². The Morgan fingerprint density at radius 2 is 1.65 bits per heavy atom. The molecule has 2 nitrogen and oxygen atoms in total. The van der Waals surface area contributed by atoms with E-state index in [-0.39, 0.29) is 5.60 Å². The summed E-state index contributed by atoms with van der Waals surface area (Å²) < 4.78 is 5.90. The summed E-state index contributed by atoms with van der Waals surface area (Å²) in [5.74, 6) is 0.737. The molecular weight excluding hydrogens is 212 g/mol. The lowest BCUT2D eigenvalue weighted by molar-refractivity contribution is -0.148. The average molecular weight is 238 g/mol. The van der Waals surface area contributed by atoms with Gasteiger partial charge in [-0.15, -0.1) is 0 Å². The Kier molecular flexibility index (Phi) is 4.61. The Morgan fingerprint density at radius 1 is 1.06 bits per heavy atom. The third kappa shape index (κ3) is 2.90. The van der Waals surface area contributed by atoms with Gasteiger partial charge in [0.05, 0.1) is 0 Å². The van der Waals surface area contributed by atoms with Gasteiger partial charge in [-0.2, -0.15) is 0 Å². The molecule has 0 amide bonds. The number of ketones is 1. The van der Waals surface area contributed by atoms with Gasteiger partial charge in [-0.05, 0) is 45.4 Å². The molecule has 0 aromatic heterocycles. The Bertz CT molecular complexity index is 246. The van der Waals surface area contributed by atoms with Crippen LogP contribution in [0, 0.1) is 5.92 Å². The SMILES string of the molecule is CCOC1(C(=O)C2CCCCCC2)CCCC1. The Morgan fingerprint density at radius 3 is 2.18 bits per heavy atom. The van der Waals surface area contributed by atoms with Crippen molar-refractivity contribution < 1.29 is 9.53 Å². The van der Waals surface area contributed by atoms with Gasteiger partial charge in [0.25, 0.3) is 0 Å². The first kappa shape index (κ1) is 13.1. The smallest absolute Gasteiger partial charge is 0.167 e. The largest absolute Gasteiger partial charge is 0.367 e. The normalized spacial score (nSPS) is 25.7. The fourth-order valence-corrected chi connectivity index (χ4v) is 3.60. The summed E-state index contributed by atoms with van der Waals surface area (Å²) in [5, 5.41) is 0. The van der Waals surface area contributed by atoms with Crippen molar-refractivity contribution in [1.29, 1.82) is 0 Å². The standard InChI is InChI=1S/C15H26O2/c1-2-17-15(11-7-8-12-15)14(16)13-9-5-3-4-6-10-13/h13H,2-12H2,1H3. The zero-order valence-electron chi connectivity index (χ0n) is 11.2. The number of carbonyl (C=O) groups is 1. The second kappa shape index (κ2) is 5.99. The highest BCUT2D eigenvalue weighted by Crippen LogP contribution is 2.38. The monoisotopic (exact) mass is 238 g/mol. The number of rotatable bonds is 4. The predicted molar refractivity (Wildman–Crippen MR) is 69.0 cm³/mol. The first-order chi connectivity index (χ1) is 8.28. The van der Waals surface area contributed by atoms with Gasteiger partial charge >= 0.3 is 0 Å². The Labute approximate surface area is 105 Å². The van der Waals surface area contributed by atoms with Gasteiger partial charge in [-0.25, -0.2) is 0 Å². The predicted octanol–water partition coefficient (Wildman–Crippen LogP) is 3.88. The van der Waals surface area contributed by atoms with Crippen LogP contribution < -0.4 is 0 Å². The molecule has 0 atom stereocenters. The van der Waals surface area contributed by atoms with Crippen LogP contribution in [0.3, 0.4) is 0 Å². The molecule has 0 bridgehead atoms. The van der Waals surface area contributed by atoms with Crippen LogP contribution in [-0.2, 0) is 9.53 Å². The second-order valence-electron chi connectivity index (χ2n) is 5.69. The van der Waals surface area contributed by atoms with E-state index in [9.17, 15) is 4.79 Å². The third-order valence-corrected chi connectivity index (χ3v) is 4.51. The first-order valence-electron chi connectivity index (χ1n) is 7.47. The molecule has 98 valence electrons. The summed E-state index contributed by atoms with van der Waals surface area (Å²) in [6.45, 7) is 2.69. The van der Waals surface area contributed by atoms with Crippen LogP contribution in [0.2, 0.25) is 0 Å². The van der Waals surface area contributed by atoms with Crippen LogP contribution >= 0.6 is 0 Å². The van der Waals surface area contributed by atoms with Crippen molar-refractivity contribution in [3.8, 4) is 0 Å². The average Bonchev–Trinajstić information content (AvgIpc) is 2.65. The number of hydrogen-bond donors (Lipinski definition) is 0. The lowest BCUT2D eigenvalue weighted by atomic mass is 9.83. The van der Waals surface area contributed by atoms with E-state index in [4.69, 9.17) is 4.74 Å². The fourth-order valence-electron chi connectivity index (χ4n) is 3.60. The van der Waals surface area contributed by atoms with E-state index in [2.05, 4.69) is 0 Å². The molecule has 0 unspecified atom stereocenters. The van der Waals surface area contributed by atoms with Gasteiger partial charge in [-0.1, -0.05) is 25.7 Å².